The van der Waals surface area contributed by atoms with Crippen LogP contribution in [0.2, 0.25) is 0 Å². The molecule has 1 aliphatic rings. The van der Waals surface area contributed by atoms with Gasteiger partial charge in [-0.15, -0.1) is 13.2 Å². The molecular formula is C12H11F3O2. The van der Waals surface area contributed by atoms with Gasteiger partial charge in [0.2, 0.25) is 0 Å². The lowest BCUT2D eigenvalue weighted by atomic mass is 9.91. The van der Waals surface area contributed by atoms with E-state index in [1.165, 1.54) is 25.1 Å². The summed E-state index contributed by atoms with van der Waals surface area (Å²) < 4.78 is 40.6. The van der Waals surface area contributed by atoms with E-state index in [4.69, 9.17) is 0 Å². The summed E-state index contributed by atoms with van der Waals surface area (Å²) in [5, 5.41) is 0. The maximum absolute atomic E-state index is 12.2. The molecule has 92 valence electrons. The molecule has 0 aliphatic heterocycles. The number of halogens is 3. The number of hydrogen-bond acceptors (Lipinski definition) is 2. The maximum atomic E-state index is 12.2. The van der Waals surface area contributed by atoms with Crippen molar-refractivity contribution in [3.8, 4) is 5.75 Å². The number of Topliss-reactive ketones (excluding diaryl/α,β-unsaturated/α-hetero) is 1. The van der Waals surface area contributed by atoms with Gasteiger partial charge in [0.05, 0.1) is 5.41 Å². The standard InChI is InChI=1S/C12H11F3O2/c1-8(16)11(6-7-11)9-4-2-3-5-10(9)17-12(13,14)15/h2-5H,6-7H2,1H3. The Morgan fingerprint density at radius 3 is 2.35 bits per heavy atom. The fourth-order valence-electron chi connectivity index (χ4n) is 2.01. The van der Waals surface area contributed by atoms with Gasteiger partial charge in [-0.1, -0.05) is 18.2 Å². The Labute approximate surface area is 96.4 Å². The summed E-state index contributed by atoms with van der Waals surface area (Å²) in [6, 6.07) is 5.84. The van der Waals surface area contributed by atoms with E-state index in [9.17, 15) is 18.0 Å². The monoisotopic (exact) mass is 244 g/mol. The number of ether oxygens (including phenoxy) is 1. The highest BCUT2D eigenvalue weighted by molar-refractivity contribution is 5.91. The van der Waals surface area contributed by atoms with Crippen LogP contribution in [0.4, 0.5) is 13.2 Å². The van der Waals surface area contributed by atoms with Crippen molar-refractivity contribution in [3.05, 3.63) is 29.8 Å². The predicted octanol–water partition coefficient (Wildman–Crippen LogP) is 3.21. The molecule has 1 fully saturated rings. The number of carbonyl (C=O) groups excluding carboxylic acids is 1. The van der Waals surface area contributed by atoms with E-state index >= 15 is 0 Å². The van der Waals surface area contributed by atoms with Crippen molar-refractivity contribution < 1.29 is 22.7 Å². The smallest absolute Gasteiger partial charge is 0.405 e. The van der Waals surface area contributed by atoms with E-state index in [2.05, 4.69) is 4.74 Å². The average molecular weight is 244 g/mol. The van der Waals surface area contributed by atoms with E-state index in [0.717, 1.165) is 0 Å². The zero-order valence-corrected chi connectivity index (χ0v) is 9.17. The first-order chi connectivity index (χ1) is 7.85. The van der Waals surface area contributed by atoms with Crippen LogP contribution in [0.1, 0.15) is 25.3 Å². The predicted molar refractivity (Wildman–Crippen MR) is 54.7 cm³/mol. The molecule has 0 radical (unpaired) electrons. The minimum Gasteiger partial charge on any atom is -0.405 e. The number of ketones is 1. The van der Waals surface area contributed by atoms with Crippen LogP contribution in [0.5, 0.6) is 5.75 Å². The van der Waals surface area contributed by atoms with Crippen LogP contribution in [0, 0.1) is 0 Å². The molecule has 1 aromatic carbocycles. The van der Waals surface area contributed by atoms with Crippen LogP contribution in [0.15, 0.2) is 24.3 Å². The number of benzene rings is 1. The van der Waals surface area contributed by atoms with E-state index in [1.807, 2.05) is 0 Å². The fourth-order valence-corrected chi connectivity index (χ4v) is 2.01. The lowest BCUT2D eigenvalue weighted by molar-refractivity contribution is -0.275. The molecule has 0 aromatic heterocycles. The van der Waals surface area contributed by atoms with Gasteiger partial charge >= 0.3 is 6.36 Å². The molecule has 0 N–H and O–H groups in total. The second-order valence-corrected chi connectivity index (χ2v) is 4.18. The second kappa shape index (κ2) is 3.75. The highest BCUT2D eigenvalue weighted by Crippen LogP contribution is 2.52. The molecule has 0 atom stereocenters. The molecule has 1 saturated carbocycles. The van der Waals surface area contributed by atoms with Gasteiger partial charge in [0, 0.05) is 5.56 Å². The molecule has 2 rings (SSSR count). The maximum Gasteiger partial charge on any atom is 0.573 e. The SMILES string of the molecule is CC(=O)C1(c2ccccc2OC(F)(F)F)CC1. The topological polar surface area (TPSA) is 26.3 Å². The first-order valence-corrected chi connectivity index (χ1v) is 5.21. The van der Waals surface area contributed by atoms with Crippen LogP contribution in [-0.2, 0) is 10.2 Å². The number of alkyl halides is 3. The quantitative estimate of drug-likeness (QED) is 0.816. The van der Waals surface area contributed by atoms with E-state index in [1.54, 1.807) is 6.07 Å². The Morgan fingerprint density at radius 1 is 1.29 bits per heavy atom. The Morgan fingerprint density at radius 2 is 1.88 bits per heavy atom. The van der Waals surface area contributed by atoms with E-state index in [-0.39, 0.29) is 11.5 Å². The van der Waals surface area contributed by atoms with Crippen molar-refractivity contribution in [3.63, 3.8) is 0 Å². The second-order valence-electron chi connectivity index (χ2n) is 4.18. The van der Waals surface area contributed by atoms with Gasteiger partial charge in [-0.3, -0.25) is 4.79 Å². The Balaban J connectivity index is 2.38. The molecule has 1 aromatic rings. The largest absolute Gasteiger partial charge is 0.573 e. The zero-order valence-electron chi connectivity index (χ0n) is 9.17. The molecule has 0 spiro atoms. The number of para-hydroxylation sites is 1. The Bertz CT molecular complexity index is 447. The fraction of sp³-hybridized carbons (Fsp3) is 0.417. The summed E-state index contributed by atoms with van der Waals surface area (Å²) in [6.45, 7) is 1.40. The molecule has 0 bridgehead atoms. The third kappa shape index (κ3) is 2.28. The number of carbonyl (C=O) groups is 1. The summed E-state index contributed by atoms with van der Waals surface area (Å²) in [7, 11) is 0. The van der Waals surface area contributed by atoms with Crippen molar-refractivity contribution >= 4 is 5.78 Å². The highest BCUT2D eigenvalue weighted by Gasteiger charge is 2.51. The summed E-state index contributed by atoms with van der Waals surface area (Å²) in [5.41, 5.74) is -0.424. The molecule has 1 aliphatic carbocycles. The lowest BCUT2D eigenvalue weighted by Gasteiger charge is -2.18. The summed E-state index contributed by atoms with van der Waals surface area (Å²) >= 11 is 0. The number of rotatable bonds is 3. The van der Waals surface area contributed by atoms with Gasteiger partial charge in [0.1, 0.15) is 11.5 Å². The van der Waals surface area contributed by atoms with Crippen molar-refractivity contribution in [2.24, 2.45) is 0 Å². The van der Waals surface area contributed by atoms with E-state index < -0.39 is 11.8 Å². The number of hydrogen-bond donors (Lipinski definition) is 0. The summed E-state index contributed by atoms with van der Waals surface area (Å²) in [4.78, 5) is 11.5. The van der Waals surface area contributed by atoms with Crippen LogP contribution < -0.4 is 4.74 Å². The zero-order chi connectivity index (χ0) is 12.7. The molecule has 17 heavy (non-hydrogen) atoms. The van der Waals surface area contributed by atoms with Crippen LogP contribution in [-0.4, -0.2) is 12.1 Å². The first kappa shape index (κ1) is 12.0. The van der Waals surface area contributed by atoms with Crippen molar-refractivity contribution in [1.29, 1.82) is 0 Å². The van der Waals surface area contributed by atoms with Crippen LogP contribution in [0.25, 0.3) is 0 Å². The third-order valence-corrected chi connectivity index (χ3v) is 3.05. The normalized spacial score (nSPS) is 17.6. The van der Waals surface area contributed by atoms with Crippen LogP contribution >= 0.6 is 0 Å². The summed E-state index contributed by atoms with van der Waals surface area (Å²) in [6.07, 6.45) is -3.57. The van der Waals surface area contributed by atoms with Gasteiger partial charge in [0.15, 0.2) is 0 Å². The van der Waals surface area contributed by atoms with Crippen LogP contribution in [0.3, 0.4) is 0 Å². The highest BCUT2D eigenvalue weighted by atomic mass is 19.4. The Hall–Kier alpha value is -1.52. The van der Waals surface area contributed by atoms with Gasteiger partial charge in [-0.2, -0.15) is 0 Å². The van der Waals surface area contributed by atoms with E-state index in [0.29, 0.717) is 18.4 Å². The minimum absolute atomic E-state index is 0.115. The summed E-state index contributed by atoms with van der Waals surface area (Å²) in [5.74, 6) is -0.386. The Kier molecular flexibility index (Phi) is 2.64. The van der Waals surface area contributed by atoms with Gasteiger partial charge in [0.25, 0.3) is 0 Å². The average Bonchev–Trinajstić information content (AvgIpc) is 2.96. The molecular weight excluding hydrogens is 233 g/mol. The molecule has 5 heteroatoms. The van der Waals surface area contributed by atoms with Crippen molar-refractivity contribution in [2.75, 3.05) is 0 Å². The van der Waals surface area contributed by atoms with Crippen molar-refractivity contribution in [2.45, 2.75) is 31.5 Å². The molecule has 0 unspecified atom stereocenters. The molecule has 0 heterocycles. The third-order valence-electron chi connectivity index (χ3n) is 3.05. The molecule has 2 nitrogen and oxygen atoms in total. The lowest BCUT2D eigenvalue weighted by Crippen LogP contribution is -2.22. The first-order valence-electron chi connectivity index (χ1n) is 5.21. The van der Waals surface area contributed by atoms with Crippen molar-refractivity contribution in [1.82, 2.24) is 0 Å². The minimum atomic E-state index is -4.73. The van der Waals surface area contributed by atoms with Gasteiger partial charge in [-0.25, -0.2) is 0 Å². The molecule has 0 amide bonds. The van der Waals surface area contributed by atoms with Gasteiger partial charge in [-0.05, 0) is 25.8 Å². The van der Waals surface area contributed by atoms with Gasteiger partial charge < -0.3 is 4.74 Å². The molecule has 0 saturated heterocycles.